The first-order chi connectivity index (χ1) is 48.5. The zero-order valence-corrected chi connectivity index (χ0v) is 57.9. The molecule has 0 rings (SSSR count). The Morgan fingerprint density at radius 2 is 0.429 bits per heavy atom. The van der Waals surface area contributed by atoms with Crippen LogP contribution in [0.3, 0.4) is 0 Å². The summed E-state index contributed by atoms with van der Waals surface area (Å²) >= 11 is 0. The normalized spacial score (nSPS) is 12.5. The molecule has 0 saturated carbocycles. The standard InChI is InChI=1S/C6H3F11O5S.C6H4F10O2.C5H4F8O.C5H7F5O.2C4H7F3O.3CH3F.6CH4.5FHO3S/c7-1-2(8,9)21-3(10,11)4(12,13)22-5(14,15)6(16,17)23(18,19)20;7-1-3(9,10)17-5(13,14)6(15,16)18-4(11,12)2-8;6-1-3(8,9)5(12,13)14-4(10,11)2-7;1-4(7,8)2-5(9,10)11-3-6;2*1-4(6,7)2-8-3-5;3*1-2;;;;;;;5*1-5(2,3)4/h1H2,(H,18,19,20);1-2H2;1-2H2;2-3H2,1H3;2*2-3H2,1H3;3*1H3;6*1H4;5*(H,2,3,4). The summed E-state index contributed by atoms with van der Waals surface area (Å²) in [5, 5.41) is -6.98. The minimum atomic E-state index is -7.40. The Morgan fingerprint density at radius 1 is 0.261 bits per heavy atom. The Balaban J connectivity index is -0.0000000367. The van der Waals surface area contributed by atoms with Gasteiger partial charge in [0.25, 0.3) is 70.3 Å². The number of halogens is 48. The van der Waals surface area contributed by atoms with Gasteiger partial charge in [-0.1, -0.05) is 44.6 Å². The van der Waals surface area contributed by atoms with Gasteiger partial charge >= 0.3 is 86.9 Å². The van der Waals surface area contributed by atoms with Crippen LogP contribution in [0.5, 0.6) is 0 Å². The molecule has 0 radical (unpaired) electrons. The lowest BCUT2D eigenvalue weighted by molar-refractivity contribution is -0.523. The molecule has 0 spiro atoms. The van der Waals surface area contributed by atoms with Crippen LogP contribution in [-0.4, -0.2) is 263 Å². The summed E-state index contributed by atoms with van der Waals surface area (Å²) in [7, 11) is -33.0. The molecule has 0 aromatic rings. The summed E-state index contributed by atoms with van der Waals surface area (Å²) in [4.78, 5) is 0. The van der Waals surface area contributed by atoms with E-state index in [9.17, 15) is 221 Å². The van der Waals surface area contributed by atoms with Crippen molar-refractivity contribution >= 4 is 62.6 Å². The van der Waals surface area contributed by atoms with E-state index in [1.807, 2.05) is 4.74 Å². The highest BCUT2D eigenvalue weighted by molar-refractivity contribution is 7.86. The van der Waals surface area contributed by atoms with Crippen LogP contribution >= 0.6 is 0 Å². The van der Waals surface area contributed by atoms with Gasteiger partial charge in [0.05, 0.1) is 21.5 Å². The maximum Gasteiger partial charge on any atom is 1.00 e. The average molecular weight is 2060 g/mol. The minimum Gasteiger partial charge on any atom is -0.743 e. The third-order valence-corrected chi connectivity index (χ3v) is 6.43. The van der Waals surface area contributed by atoms with E-state index >= 15 is 0 Å². The van der Waals surface area contributed by atoms with E-state index in [4.69, 9.17) is 64.9 Å². The van der Waals surface area contributed by atoms with Crippen LogP contribution in [-0.2, 0) is 101 Å². The minimum absolute atomic E-state index is 0. The molecule has 0 aliphatic carbocycles. The van der Waals surface area contributed by atoms with Crippen molar-refractivity contribution in [1.29, 1.82) is 0 Å². The summed E-state index contributed by atoms with van der Waals surface area (Å²) in [6.07, 6.45) is -66.7. The van der Waals surface area contributed by atoms with Crippen LogP contribution in [0.4, 0.5) is 208 Å². The molecule has 0 aliphatic heterocycles. The Hall–Kier alpha value is -4.22. The van der Waals surface area contributed by atoms with E-state index in [1.165, 1.54) is 0 Å². The fraction of sp³-hybridized carbons (Fsp3) is 1.00. The van der Waals surface area contributed by atoms with Gasteiger partial charge in [-0.2, -0.15) is 114 Å². The summed E-state index contributed by atoms with van der Waals surface area (Å²) in [5.41, 5.74) is 0. The van der Waals surface area contributed by atoms with Crippen molar-refractivity contribution in [3.8, 4) is 0 Å². The van der Waals surface area contributed by atoms with Crippen LogP contribution in [0, 0.1) is 0 Å². The molecule has 754 valence electrons. The lowest BCUT2D eigenvalue weighted by Gasteiger charge is -2.33. The van der Waals surface area contributed by atoms with E-state index in [0.717, 1.165) is 0 Å². The largest absolute Gasteiger partial charge is 1.00 e. The van der Waals surface area contributed by atoms with E-state index in [1.54, 1.807) is 4.74 Å². The third kappa shape index (κ3) is 127. The highest BCUT2D eigenvalue weighted by Gasteiger charge is 2.74. The predicted molar refractivity (Wildman–Crippen MR) is 299 cm³/mol. The topological polar surface area (TPSA) is 417 Å². The SMILES string of the molecule is C.C.C.C.C.C.CC(F)(F)CC(F)(F)OCF.CC(F)(F)COCF.CC(F)(F)COCF.CF.CF.CF.FCC(F)(F)OC(F)(F)C(F)(F)CF.FCC(F)(F)OC(F)(F)C(F)(F)OC(F)(F)CF.O=S(=O)([O-])C(F)(F)C(F)(F)OC(F)(F)C(F)(F)OC(F)(F)CF.O=S(=O)([O-])F.O=S(=O)([O-])F.O=S(=O)([O-])F.O=S(=O)([O-])F.O=S(=O)([O-])F.[H+].[H+].[H+].[H+].[H+].[H+]. The summed E-state index contributed by atoms with van der Waals surface area (Å²) in [6, 6.07) is 0. The number of hydrogen-bond donors (Lipinski definition) is 0. The Bertz CT molecular complexity index is 2900. The van der Waals surface area contributed by atoms with Gasteiger partial charge in [0.15, 0.2) is 64.1 Å². The number of hydrogen-bond acceptors (Lipinski definition) is 26. The molecule has 0 heterocycles. The number of rotatable bonds is 30. The van der Waals surface area contributed by atoms with Crippen molar-refractivity contribution in [3.63, 3.8) is 0 Å². The molecule has 0 unspecified atom stereocenters. The molecule has 0 amide bonds. The van der Waals surface area contributed by atoms with E-state index in [0.29, 0.717) is 42.3 Å². The predicted octanol–water partition coefficient (Wildman–Crippen LogP) is 17.7. The molecular weight excluding hydrogens is 1990 g/mol. The van der Waals surface area contributed by atoms with Gasteiger partial charge in [0.1, 0.15) is 19.6 Å². The van der Waals surface area contributed by atoms with Gasteiger partial charge < -0.3 is 36.8 Å². The second-order valence-electron chi connectivity index (χ2n) is 15.7. The first-order valence-corrected chi connectivity index (χ1v) is 30.6. The monoisotopic (exact) mass is 2060 g/mol. The Kier molecular flexibility index (Phi) is 93.4. The Morgan fingerprint density at radius 3 is 0.546 bits per heavy atom. The summed E-state index contributed by atoms with van der Waals surface area (Å²) in [5.74, 6) is -14.8. The van der Waals surface area contributed by atoms with E-state index < -0.39 is 232 Å². The molecule has 0 aliphatic rings. The molecule has 0 fully saturated rings. The van der Waals surface area contributed by atoms with Gasteiger partial charge in [-0.25, -0.2) is 136 Å². The van der Waals surface area contributed by atoms with Gasteiger partial charge in [-0.15, -0.1) is 19.4 Å². The molecular formula is C39H70F48O26S6. The quantitative estimate of drug-likeness (QED) is 0.0366. The maximum atomic E-state index is 12.6. The van der Waals surface area contributed by atoms with Crippen LogP contribution in [0.15, 0.2) is 0 Å². The van der Waals surface area contributed by atoms with Crippen molar-refractivity contribution < 1.29 is 332 Å². The summed E-state index contributed by atoms with van der Waals surface area (Å²) in [6.45, 7) is -18.7. The maximum absolute atomic E-state index is 12.6. The second kappa shape index (κ2) is 67.2. The fourth-order valence-corrected chi connectivity index (χ4v) is 2.88. The summed E-state index contributed by atoms with van der Waals surface area (Å²) < 4.78 is 732. The zero-order valence-electron chi connectivity index (χ0n) is 59.0. The van der Waals surface area contributed by atoms with Crippen molar-refractivity contribution in [2.24, 2.45) is 0 Å². The molecule has 119 heavy (non-hydrogen) atoms. The lowest BCUT2D eigenvalue weighted by atomic mass is 10.2. The molecule has 0 bridgehead atoms. The molecule has 0 N–H and O–H groups in total. The first-order valence-electron chi connectivity index (χ1n) is 22.7. The van der Waals surface area contributed by atoms with Crippen LogP contribution in [0.1, 0.15) is 80.3 Å². The van der Waals surface area contributed by atoms with Crippen molar-refractivity contribution in [2.45, 2.75) is 168 Å². The molecule has 0 saturated heterocycles. The molecule has 0 aromatic heterocycles. The highest BCUT2D eigenvalue weighted by Crippen LogP contribution is 2.49. The molecule has 0 atom stereocenters. The van der Waals surface area contributed by atoms with E-state index in [-0.39, 0.29) is 53.1 Å². The van der Waals surface area contributed by atoms with Gasteiger partial charge in [0.2, 0.25) is 0 Å². The zero-order chi connectivity index (χ0) is 96.4. The lowest BCUT2D eigenvalue weighted by Crippen LogP contribution is -2.57. The highest BCUT2D eigenvalue weighted by atomic mass is 32.3. The van der Waals surface area contributed by atoms with Crippen molar-refractivity contribution in [1.82, 2.24) is 0 Å². The van der Waals surface area contributed by atoms with Crippen molar-refractivity contribution in [2.75, 3.05) is 88.7 Å². The fourth-order valence-electron chi connectivity index (χ4n) is 2.54. The Labute approximate surface area is 651 Å². The van der Waals surface area contributed by atoms with Gasteiger partial charge in [-0.3, -0.25) is 17.9 Å². The van der Waals surface area contributed by atoms with Crippen LogP contribution in [0.2, 0.25) is 0 Å². The molecule has 80 heteroatoms. The molecule has 0 aromatic carbocycles. The van der Waals surface area contributed by atoms with Crippen LogP contribution < -0.4 is 0 Å². The number of alkyl halides is 43. The van der Waals surface area contributed by atoms with E-state index in [2.05, 4.69) is 28.4 Å². The van der Waals surface area contributed by atoms with Gasteiger partial charge in [0, 0.05) is 13.8 Å². The van der Waals surface area contributed by atoms with Crippen LogP contribution in [0.25, 0.3) is 0 Å². The number of ether oxygens (including phenoxy) is 8. The molecule has 26 nitrogen and oxygen atoms in total. The van der Waals surface area contributed by atoms with Gasteiger partial charge in [-0.05, 0) is 6.92 Å². The first kappa shape index (κ1) is 165. The van der Waals surface area contributed by atoms with Crippen molar-refractivity contribution in [3.05, 3.63) is 0 Å². The smallest absolute Gasteiger partial charge is 0.743 e. The average Bonchev–Trinajstić information content (AvgIpc) is 0.749. The third-order valence-electron chi connectivity index (χ3n) is 5.56. The second-order valence-corrected chi connectivity index (χ2v) is 21.0.